The largest absolute Gasteiger partial charge is 0.390 e. The first-order valence-corrected chi connectivity index (χ1v) is 4.54. The van der Waals surface area contributed by atoms with Gasteiger partial charge in [0, 0.05) is 0 Å². The highest BCUT2D eigenvalue weighted by Crippen LogP contribution is 2.22. The fourth-order valence-corrected chi connectivity index (χ4v) is 1.44. The minimum Gasteiger partial charge on any atom is -0.390 e. The zero-order valence-electron chi connectivity index (χ0n) is 7.82. The van der Waals surface area contributed by atoms with E-state index < -0.39 is 36.8 Å². The summed E-state index contributed by atoms with van der Waals surface area (Å²) in [7, 11) is 0. The molecule has 5 N–H and O–H groups in total. The average molecular weight is 208 g/mol. The van der Waals surface area contributed by atoms with Crippen molar-refractivity contribution < 1.29 is 30.3 Å². The molecule has 6 atom stereocenters. The maximum atomic E-state index is 9.42. The zero-order chi connectivity index (χ0) is 10.9. The number of hydrogen-bond acceptors (Lipinski definition) is 6. The van der Waals surface area contributed by atoms with Gasteiger partial charge in [0.1, 0.15) is 24.4 Å². The Morgan fingerprint density at radius 3 is 2.14 bits per heavy atom. The molecule has 1 heterocycles. The van der Waals surface area contributed by atoms with E-state index in [1.165, 1.54) is 0 Å². The van der Waals surface area contributed by atoms with Gasteiger partial charge in [0.15, 0.2) is 6.29 Å². The number of aliphatic hydroxyl groups is 5. The number of rotatable bonds is 2. The van der Waals surface area contributed by atoms with Crippen molar-refractivity contribution in [1.82, 2.24) is 0 Å². The molecule has 0 bridgehead atoms. The molecule has 0 radical (unpaired) electrons. The summed E-state index contributed by atoms with van der Waals surface area (Å²) < 4.78 is 4.78. The summed E-state index contributed by atoms with van der Waals surface area (Å²) in [4.78, 5) is 0. The van der Waals surface area contributed by atoms with Gasteiger partial charge in [0.25, 0.3) is 0 Å². The Bertz CT molecular complexity index is 187. The Morgan fingerprint density at radius 2 is 1.64 bits per heavy atom. The second-order valence-corrected chi connectivity index (χ2v) is 3.44. The lowest BCUT2D eigenvalue weighted by atomic mass is 9.94. The molecule has 0 aromatic rings. The molecular weight excluding hydrogens is 192 g/mol. The summed E-state index contributed by atoms with van der Waals surface area (Å²) in [5.74, 6) is 0. The van der Waals surface area contributed by atoms with Crippen molar-refractivity contribution in [2.75, 3.05) is 0 Å². The Labute approximate surface area is 81.4 Å². The van der Waals surface area contributed by atoms with Crippen LogP contribution in [0, 0.1) is 0 Å². The summed E-state index contributed by atoms with van der Waals surface area (Å²) in [6.07, 6.45) is -7.79. The van der Waals surface area contributed by atoms with Crippen molar-refractivity contribution >= 4 is 0 Å². The summed E-state index contributed by atoms with van der Waals surface area (Å²) in [6, 6.07) is 0. The van der Waals surface area contributed by atoms with Crippen molar-refractivity contribution in [2.45, 2.75) is 50.2 Å². The lowest BCUT2D eigenvalue weighted by molar-refractivity contribution is -0.296. The SMILES string of the molecule is CC[C@H](O)[C@H]1O[C@H](O)[C@@H](O)[C@@H](O)[C@@H]1O. The second kappa shape index (κ2) is 4.52. The van der Waals surface area contributed by atoms with Crippen LogP contribution in [0.15, 0.2) is 0 Å². The van der Waals surface area contributed by atoms with E-state index in [1.807, 2.05) is 0 Å². The van der Waals surface area contributed by atoms with Crippen LogP contribution in [-0.4, -0.2) is 62.3 Å². The normalized spacial score (nSPS) is 46.3. The van der Waals surface area contributed by atoms with E-state index >= 15 is 0 Å². The minimum atomic E-state index is -1.58. The second-order valence-electron chi connectivity index (χ2n) is 3.44. The molecule has 1 rings (SSSR count). The fraction of sp³-hybridized carbons (Fsp3) is 1.00. The van der Waals surface area contributed by atoms with Gasteiger partial charge in [0.05, 0.1) is 6.10 Å². The van der Waals surface area contributed by atoms with Crippen molar-refractivity contribution in [1.29, 1.82) is 0 Å². The van der Waals surface area contributed by atoms with Crippen molar-refractivity contribution in [3.8, 4) is 0 Å². The van der Waals surface area contributed by atoms with E-state index in [9.17, 15) is 15.3 Å². The summed E-state index contributed by atoms with van der Waals surface area (Å²) in [5, 5.41) is 46.3. The van der Waals surface area contributed by atoms with Crippen molar-refractivity contribution in [3.05, 3.63) is 0 Å². The predicted molar refractivity (Wildman–Crippen MR) is 45.2 cm³/mol. The molecular formula is C8H16O6. The summed E-state index contributed by atoms with van der Waals surface area (Å²) in [6.45, 7) is 1.67. The van der Waals surface area contributed by atoms with Gasteiger partial charge < -0.3 is 30.3 Å². The smallest absolute Gasteiger partial charge is 0.184 e. The summed E-state index contributed by atoms with van der Waals surface area (Å²) >= 11 is 0. The number of aliphatic hydroxyl groups excluding tert-OH is 5. The first-order chi connectivity index (χ1) is 6.49. The monoisotopic (exact) mass is 208 g/mol. The van der Waals surface area contributed by atoms with Gasteiger partial charge in [-0.3, -0.25) is 0 Å². The topological polar surface area (TPSA) is 110 Å². The summed E-state index contributed by atoms with van der Waals surface area (Å²) in [5.41, 5.74) is 0. The van der Waals surface area contributed by atoms with E-state index in [4.69, 9.17) is 14.9 Å². The predicted octanol–water partition coefficient (Wildman–Crippen LogP) is -2.44. The van der Waals surface area contributed by atoms with E-state index in [0.29, 0.717) is 6.42 Å². The van der Waals surface area contributed by atoms with Gasteiger partial charge in [-0.15, -0.1) is 0 Å². The van der Waals surface area contributed by atoms with E-state index in [2.05, 4.69) is 0 Å². The molecule has 0 aromatic heterocycles. The van der Waals surface area contributed by atoms with Crippen LogP contribution in [0.1, 0.15) is 13.3 Å². The molecule has 0 aromatic carbocycles. The Hall–Kier alpha value is -0.240. The molecule has 0 amide bonds. The standard InChI is InChI=1S/C8H16O6/c1-2-3(9)7-5(11)4(10)6(12)8(13)14-7/h3-13H,2H2,1H3/t3-,4-,5-,6-,7+,8-/m0/s1. The lowest BCUT2D eigenvalue weighted by Crippen LogP contribution is -2.60. The van der Waals surface area contributed by atoms with Crippen LogP contribution in [0.4, 0.5) is 0 Å². The molecule has 0 unspecified atom stereocenters. The van der Waals surface area contributed by atoms with E-state index in [1.54, 1.807) is 6.92 Å². The fourth-order valence-electron chi connectivity index (χ4n) is 1.44. The third-order valence-electron chi connectivity index (χ3n) is 2.42. The molecule has 14 heavy (non-hydrogen) atoms. The van der Waals surface area contributed by atoms with Crippen LogP contribution in [0.2, 0.25) is 0 Å². The molecule has 1 fully saturated rings. The van der Waals surface area contributed by atoms with Crippen molar-refractivity contribution in [3.63, 3.8) is 0 Å². The third kappa shape index (κ3) is 2.05. The number of ether oxygens (including phenoxy) is 1. The van der Waals surface area contributed by atoms with E-state index in [0.717, 1.165) is 0 Å². The molecule has 1 saturated heterocycles. The van der Waals surface area contributed by atoms with Crippen LogP contribution in [0.25, 0.3) is 0 Å². The van der Waals surface area contributed by atoms with Crippen LogP contribution in [0.5, 0.6) is 0 Å². The molecule has 6 nitrogen and oxygen atoms in total. The maximum absolute atomic E-state index is 9.42. The highest BCUT2D eigenvalue weighted by molar-refractivity contribution is 4.91. The van der Waals surface area contributed by atoms with Gasteiger partial charge in [0.2, 0.25) is 0 Å². The average Bonchev–Trinajstić information content (AvgIpc) is 2.19. The molecule has 84 valence electrons. The molecule has 1 aliphatic rings. The highest BCUT2D eigenvalue weighted by Gasteiger charge is 2.45. The van der Waals surface area contributed by atoms with Crippen LogP contribution in [-0.2, 0) is 4.74 Å². The maximum Gasteiger partial charge on any atom is 0.184 e. The van der Waals surface area contributed by atoms with Crippen LogP contribution < -0.4 is 0 Å². The lowest BCUT2D eigenvalue weighted by Gasteiger charge is -2.40. The highest BCUT2D eigenvalue weighted by atomic mass is 16.6. The van der Waals surface area contributed by atoms with Crippen LogP contribution >= 0.6 is 0 Å². The zero-order valence-corrected chi connectivity index (χ0v) is 7.82. The van der Waals surface area contributed by atoms with Crippen molar-refractivity contribution in [2.24, 2.45) is 0 Å². The quantitative estimate of drug-likeness (QED) is 0.345. The van der Waals surface area contributed by atoms with E-state index in [-0.39, 0.29) is 0 Å². The minimum absolute atomic E-state index is 0.317. The van der Waals surface area contributed by atoms with Gasteiger partial charge in [-0.25, -0.2) is 0 Å². The van der Waals surface area contributed by atoms with Crippen LogP contribution in [0.3, 0.4) is 0 Å². The molecule has 6 heteroatoms. The Balaban J connectivity index is 2.70. The Kier molecular flexibility index (Phi) is 3.82. The molecule has 0 spiro atoms. The van der Waals surface area contributed by atoms with Gasteiger partial charge in [-0.05, 0) is 6.42 Å². The molecule has 1 aliphatic heterocycles. The first-order valence-electron chi connectivity index (χ1n) is 4.54. The molecule has 0 saturated carbocycles. The van der Waals surface area contributed by atoms with Gasteiger partial charge >= 0.3 is 0 Å². The van der Waals surface area contributed by atoms with Gasteiger partial charge in [-0.2, -0.15) is 0 Å². The number of hydrogen-bond donors (Lipinski definition) is 5. The molecule has 0 aliphatic carbocycles. The van der Waals surface area contributed by atoms with Gasteiger partial charge in [-0.1, -0.05) is 6.92 Å². The third-order valence-corrected chi connectivity index (χ3v) is 2.42. The first kappa shape index (κ1) is 11.8. The Morgan fingerprint density at radius 1 is 1.07 bits per heavy atom.